The van der Waals surface area contributed by atoms with Gasteiger partial charge in [0.1, 0.15) is 24.2 Å². The minimum Gasteiger partial charge on any atom is -0.494 e. The van der Waals surface area contributed by atoms with E-state index in [1.54, 1.807) is 19.1 Å². The van der Waals surface area contributed by atoms with Crippen molar-refractivity contribution in [3.05, 3.63) is 88.6 Å². The van der Waals surface area contributed by atoms with E-state index >= 15 is 0 Å². The molecule has 2 atom stereocenters. The lowest BCUT2D eigenvalue weighted by Crippen LogP contribution is -2.52. The van der Waals surface area contributed by atoms with Crippen molar-refractivity contribution >= 4 is 43.5 Å². The SMILES string of the molecule is CCOc1ccc(N(CC(=O)N(Cc2cccc(Br)c2)[C@H](C)C(=O)N[C@@H](C)CC)S(=O)(=O)c2ccc(F)cc2)cc1. The van der Waals surface area contributed by atoms with Crippen LogP contribution in [0.5, 0.6) is 5.75 Å². The molecule has 0 spiro atoms. The first kappa shape index (κ1) is 32.1. The molecule has 11 heteroatoms. The molecule has 0 saturated carbocycles. The van der Waals surface area contributed by atoms with Crippen LogP contribution in [0.3, 0.4) is 0 Å². The zero-order valence-corrected chi connectivity index (χ0v) is 25.9. The van der Waals surface area contributed by atoms with Crippen molar-refractivity contribution in [1.29, 1.82) is 0 Å². The van der Waals surface area contributed by atoms with Gasteiger partial charge in [0, 0.05) is 17.1 Å². The molecule has 0 radical (unpaired) electrons. The summed E-state index contributed by atoms with van der Waals surface area (Å²) in [6.45, 7) is 7.16. The molecule has 3 aromatic carbocycles. The third kappa shape index (κ3) is 8.53. The minimum atomic E-state index is -4.30. The fourth-order valence-corrected chi connectivity index (χ4v) is 5.88. The summed E-state index contributed by atoms with van der Waals surface area (Å²) in [6.07, 6.45) is 0.708. The molecule has 1 N–H and O–H groups in total. The Morgan fingerprint density at radius 2 is 1.66 bits per heavy atom. The van der Waals surface area contributed by atoms with Crippen molar-refractivity contribution in [3.8, 4) is 5.75 Å². The number of sulfonamides is 1. The zero-order chi connectivity index (χ0) is 30.2. The molecule has 3 aromatic rings. The van der Waals surface area contributed by atoms with E-state index in [1.807, 2.05) is 45.0 Å². The van der Waals surface area contributed by atoms with Crippen molar-refractivity contribution < 1.29 is 27.1 Å². The highest BCUT2D eigenvalue weighted by molar-refractivity contribution is 9.10. The molecule has 0 aliphatic carbocycles. The summed E-state index contributed by atoms with van der Waals surface area (Å²) < 4.78 is 48.5. The van der Waals surface area contributed by atoms with E-state index in [2.05, 4.69) is 21.2 Å². The van der Waals surface area contributed by atoms with E-state index < -0.39 is 34.3 Å². The summed E-state index contributed by atoms with van der Waals surface area (Å²) in [4.78, 5) is 28.3. The van der Waals surface area contributed by atoms with Crippen molar-refractivity contribution in [2.45, 2.75) is 57.6 Å². The molecule has 2 amide bonds. The summed E-state index contributed by atoms with van der Waals surface area (Å²) in [5.41, 5.74) is 0.968. The Balaban J connectivity index is 2.03. The van der Waals surface area contributed by atoms with Gasteiger partial charge in [-0.25, -0.2) is 12.8 Å². The summed E-state index contributed by atoms with van der Waals surface area (Å²) in [5.74, 6) is -0.990. The Hall–Kier alpha value is -3.44. The van der Waals surface area contributed by atoms with Crippen LogP contribution >= 0.6 is 15.9 Å². The van der Waals surface area contributed by atoms with Crippen LogP contribution in [-0.4, -0.2) is 50.4 Å². The highest BCUT2D eigenvalue weighted by Crippen LogP contribution is 2.27. The average Bonchev–Trinajstić information content (AvgIpc) is 2.95. The Kier molecular flexibility index (Phi) is 11.3. The number of nitrogens with one attached hydrogen (secondary N) is 1. The highest BCUT2D eigenvalue weighted by atomic mass is 79.9. The van der Waals surface area contributed by atoms with Gasteiger partial charge >= 0.3 is 0 Å². The van der Waals surface area contributed by atoms with Gasteiger partial charge < -0.3 is 15.0 Å². The molecule has 0 heterocycles. The van der Waals surface area contributed by atoms with Crippen LogP contribution < -0.4 is 14.4 Å². The number of anilines is 1. The number of hydrogen-bond donors (Lipinski definition) is 1. The molecule has 8 nitrogen and oxygen atoms in total. The van der Waals surface area contributed by atoms with E-state index in [4.69, 9.17) is 4.74 Å². The number of rotatable bonds is 13. The van der Waals surface area contributed by atoms with Crippen LogP contribution in [-0.2, 0) is 26.2 Å². The van der Waals surface area contributed by atoms with Crippen LogP contribution in [0.1, 0.15) is 39.7 Å². The maximum Gasteiger partial charge on any atom is 0.264 e. The number of halogens is 2. The Labute approximate surface area is 249 Å². The summed E-state index contributed by atoms with van der Waals surface area (Å²) >= 11 is 3.43. The first-order valence-corrected chi connectivity index (χ1v) is 15.5. The Morgan fingerprint density at radius 3 is 2.24 bits per heavy atom. The third-order valence-electron chi connectivity index (χ3n) is 6.53. The van der Waals surface area contributed by atoms with Crippen molar-refractivity contribution in [1.82, 2.24) is 10.2 Å². The molecular formula is C30H35BrFN3O5S. The Bertz CT molecular complexity index is 1440. The molecule has 0 aliphatic heterocycles. The third-order valence-corrected chi connectivity index (χ3v) is 8.81. The zero-order valence-electron chi connectivity index (χ0n) is 23.5. The lowest BCUT2D eigenvalue weighted by molar-refractivity contribution is -0.139. The van der Waals surface area contributed by atoms with Crippen LogP contribution in [0.4, 0.5) is 10.1 Å². The first-order valence-electron chi connectivity index (χ1n) is 13.3. The van der Waals surface area contributed by atoms with Gasteiger partial charge in [0.2, 0.25) is 11.8 Å². The number of ether oxygens (including phenoxy) is 1. The predicted molar refractivity (Wildman–Crippen MR) is 161 cm³/mol. The van der Waals surface area contributed by atoms with E-state index in [1.165, 1.54) is 17.0 Å². The second-order valence-corrected chi connectivity index (χ2v) is 12.3. The van der Waals surface area contributed by atoms with E-state index in [9.17, 15) is 22.4 Å². The van der Waals surface area contributed by atoms with Gasteiger partial charge in [0.25, 0.3) is 10.0 Å². The Morgan fingerprint density at radius 1 is 1.00 bits per heavy atom. The maximum atomic E-state index is 14.0. The average molecular weight is 649 g/mol. The molecule has 0 unspecified atom stereocenters. The van der Waals surface area contributed by atoms with Gasteiger partial charge in [0.15, 0.2) is 0 Å². The van der Waals surface area contributed by atoms with Crippen molar-refractivity contribution in [2.75, 3.05) is 17.5 Å². The molecular weight excluding hydrogens is 613 g/mol. The van der Waals surface area contributed by atoms with Crippen LogP contribution in [0.25, 0.3) is 0 Å². The smallest absolute Gasteiger partial charge is 0.264 e. The lowest BCUT2D eigenvalue weighted by Gasteiger charge is -2.32. The molecule has 220 valence electrons. The predicted octanol–water partition coefficient (Wildman–Crippen LogP) is 5.51. The fraction of sp³-hybridized carbons (Fsp3) is 0.333. The van der Waals surface area contributed by atoms with Crippen LogP contribution in [0, 0.1) is 5.82 Å². The van der Waals surface area contributed by atoms with Gasteiger partial charge in [-0.2, -0.15) is 0 Å². The highest BCUT2D eigenvalue weighted by Gasteiger charge is 2.33. The minimum absolute atomic E-state index is 0.0705. The van der Waals surface area contributed by atoms with E-state index in [-0.39, 0.29) is 29.1 Å². The van der Waals surface area contributed by atoms with Gasteiger partial charge in [-0.15, -0.1) is 0 Å². The summed E-state index contributed by atoms with van der Waals surface area (Å²) in [5, 5.41) is 2.90. The molecule has 0 bridgehead atoms. The molecule has 0 fully saturated rings. The lowest BCUT2D eigenvalue weighted by atomic mass is 10.1. The maximum absolute atomic E-state index is 14.0. The molecule has 0 aromatic heterocycles. The topological polar surface area (TPSA) is 96.0 Å². The number of hydrogen-bond acceptors (Lipinski definition) is 5. The quantitative estimate of drug-likeness (QED) is 0.264. The number of nitrogens with zero attached hydrogens (tertiary/aromatic N) is 2. The molecule has 3 rings (SSSR count). The normalized spacial score (nSPS) is 12.7. The fourth-order valence-electron chi connectivity index (χ4n) is 4.02. The van der Waals surface area contributed by atoms with Gasteiger partial charge in [-0.05, 0) is 93.4 Å². The molecule has 0 aliphatic rings. The van der Waals surface area contributed by atoms with E-state index in [0.29, 0.717) is 18.8 Å². The van der Waals surface area contributed by atoms with Crippen molar-refractivity contribution in [2.24, 2.45) is 0 Å². The first-order chi connectivity index (χ1) is 19.5. The monoisotopic (exact) mass is 647 g/mol. The number of benzene rings is 3. The van der Waals surface area contributed by atoms with Crippen LogP contribution in [0.15, 0.2) is 82.2 Å². The number of carbonyl (C=O) groups is 2. The second kappa shape index (κ2) is 14.5. The number of carbonyl (C=O) groups excluding carboxylic acids is 2. The molecule has 0 saturated heterocycles. The number of amides is 2. The second-order valence-electron chi connectivity index (χ2n) is 9.54. The summed E-state index contributed by atoms with van der Waals surface area (Å²) in [7, 11) is -4.30. The summed E-state index contributed by atoms with van der Waals surface area (Å²) in [6, 6.07) is 17.0. The van der Waals surface area contributed by atoms with Gasteiger partial charge in [-0.1, -0.05) is 35.0 Å². The van der Waals surface area contributed by atoms with Crippen LogP contribution in [0.2, 0.25) is 0 Å². The van der Waals surface area contributed by atoms with Gasteiger partial charge in [0.05, 0.1) is 17.2 Å². The standard InChI is InChI=1S/C30H35BrFN3O5S/c1-5-21(3)33-30(37)22(4)34(19-23-8-7-9-24(31)18-23)29(36)20-35(26-12-14-27(15-13-26)40-6-2)41(38,39)28-16-10-25(32)11-17-28/h7-18,21-22H,5-6,19-20H2,1-4H3,(H,33,37)/t21-,22+/m0/s1. The molecule has 41 heavy (non-hydrogen) atoms. The van der Waals surface area contributed by atoms with Gasteiger partial charge in [-0.3, -0.25) is 13.9 Å². The van der Waals surface area contributed by atoms with E-state index in [0.717, 1.165) is 38.6 Å². The largest absolute Gasteiger partial charge is 0.494 e. The van der Waals surface area contributed by atoms with Crippen molar-refractivity contribution in [3.63, 3.8) is 0 Å².